The first kappa shape index (κ1) is 21.4. The van der Waals surface area contributed by atoms with Crippen molar-refractivity contribution in [3.63, 3.8) is 0 Å². The lowest BCUT2D eigenvalue weighted by molar-refractivity contribution is -0.384. The Balaban J connectivity index is 2.17. The van der Waals surface area contributed by atoms with Crippen LogP contribution in [0, 0.1) is 24.0 Å². The molecule has 1 unspecified atom stereocenters. The van der Waals surface area contributed by atoms with Gasteiger partial charge in [-0.05, 0) is 55.5 Å². The van der Waals surface area contributed by atoms with Gasteiger partial charge in [-0.3, -0.25) is 19.7 Å². The largest absolute Gasteiger partial charge is 0.340 e. The van der Waals surface area contributed by atoms with Crippen LogP contribution in [0.5, 0.6) is 0 Å². The molecule has 1 atom stereocenters. The van der Waals surface area contributed by atoms with Gasteiger partial charge in [0.1, 0.15) is 6.04 Å². The number of amides is 2. The van der Waals surface area contributed by atoms with E-state index in [4.69, 9.17) is 0 Å². The van der Waals surface area contributed by atoms with Crippen molar-refractivity contribution >= 4 is 35.0 Å². The van der Waals surface area contributed by atoms with Gasteiger partial charge in [-0.25, -0.2) is 0 Å². The Morgan fingerprint density at radius 1 is 1.18 bits per heavy atom. The van der Waals surface area contributed by atoms with E-state index >= 15 is 0 Å². The van der Waals surface area contributed by atoms with Gasteiger partial charge in [0.05, 0.1) is 4.92 Å². The summed E-state index contributed by atoms with van der Waals surface area (Å²) in [6, 6.07) is 10.3. The summed E-state index contributed by atoms with van der Waals surface area (Å²) in [6.07, 6.45) is 2.36. The summed E-state index contributed by atoms with van der Waals surface area (Å²) in [5.74, 6) is -0.160. The number of nitrogens with zero attached hydrogens (tertiary/aromatic N) is 1. The van der Waals surface area contributed by atoms with Gasteiger partial charge in [0.15, 0.2) is 0 Å². The highest BCUT2D eigenvalue weighted by molar-refractivity contribution is 7.98. The number of rotatable bonds is 8. The molecule has 28 heavy (non-hydrogen) atoms. The molecule has 0 saturated carbocycles. The van der Waals surface area contributed by atoms with E-state index in [1.54, 1.807) is 11.8 Å². The van der Waals surface area contributed by atoms with Crippen LogP contribution >= 0.6 is 11.8 Å². The van der Waals surface area contributed by atoms with Crippen molar-refractivity contribution in [1.82, 2.24) is 5.32 Å². The van der Waals surface area contributed by atoms with Crippen molar-refractivity contribution < 1.29 is 14.5 Å². The fourth-order valence-electron chi connectivity index (χ4n) is 2.61. The zero-order chi connectivity index (χ0) is 20.7. The molecule has 2 N–H and O–H groups in total. The second-order valence-corrected chi connectivity index (χ2v) is 7.34. The fourth-order valence-corrected chi connectivity index (χ4v) is 3.08. The average Bonchev–Trinajstić information content (AvgIpc) is 2.68. The van der Waals surface area contributed by atoms with Crippen molar-refractivity contribution in [2.24, 2.45) is 0 Å². The summed E-state index contributed by atoms with van der Waals surface area (Å²) in [5, 5.41) is 16.5. The predicted molar refractivity (Wildman–Crippen MR) is 112 cm³/mol. The first-order chi connectivity index (χ1) is 13.3. The van der Waals surface area contributed by atoms with Crippen LogP contribution in [0.1, 0.15) is 27.9 Å². The number of aryl methyl sites for hydroxylation is 1. The number of hydrogen-bond acceptors (Lipinski definition) is 5. The van der Waals surface area contributed by atoms with E-state index in [0.29, 0.717) is 17.9 Å². The molecular weight excluding hydrogens is 378 g/mol. The topological polar surface area (TPSA) is 101 Å². The number of thioether (sulfide) groups is 1. The van der Waals surface area contributed by atoms with Gasteiger partial charge in [0.2, 0.25) is 5.91 Å². The Bertz CT molecular complexity index is 886. The summed E-state index contributed by atoms with van der Waals surface area (Å²) in [5.41, 5.74) is 2.68. The third kappa shape index (κ3) is 5.56. The van der Waals surface area contributed by atoms with Crippen LogP contribution in [-0.4, -0.2) is 34.8 Å². The minimum absolute atomic E-state index is 0.142. The first-order valence-corrected chi connectivity index (χ1v) is 10.1. The number of non-ortho nitro benzene ring substituents is 1. The monoisotopic (exact) mass is 401 g/mol. The van der Waals surface area contributed by atoms with Crippen LogP contribution in [-0.2, 0) is 4.79 Å². The van der Waals surface area contributed by atoms with Gasteiger partial charge in [0, 0.05) is 23.4 Å². The van der Waals surface area contributed by atoms with E-state index in [1.807, 2.05) is 38.3 Å². The maximum absolute atomic E-state index is 12.8. The molecule has 2 rings (SSSR count). The molecule has 2 aromatic carbocycles. The van der Waals surface area contributed by atoms with E-state index in [0.717, 1.165) is 11.1 Å². The Morgan fingerprint density at radius 2 is 1.89 bits per heavy atom. The number of hydrogen-bond donors (Lipinski definition) is 2. The molecule has 0 aliphatic rings. The molecule has 0 saturated heterocycles. The van der Waals surface area contributed by atoms with E-state index in [2.05, 4.69) is 10.6 Å². The molecule has 0 heterocycles. The normalized spacial score (nSPS) is 11.5. The zero-order valence-corrected chi connectivity index (χ0v) is 16.8. The third-order valence-corrected chi connectivity index (χ3v) is 5.06. The van der Waals surface area contributed by atoms with E-state index < -0.39 is 16.9 Å². The minimum Gasteiger partial charge on any atom is -0.340 e. The second-order valence-electron chi connectivity index (χ2n) is 6.35. The summed E-state index contributed by atoms with van der Waals surface area (Å²) in [7, 11) is 0. The van der Waals surface area contributed by atoms with Gasteiger partial charge in [-0.1, -0.05) is 18.2 Å². The number of nitrogens with one attached hydrogen (secondary N) is 2. The molecular formula is C20H23N3O4S. The van der Waals surface area contributed by atoms with Crippen LogP contribution in [0.4, 0.5) is 11.4 Å². The molecule has 7 nitrogen and oxygen atoms in total. The van der Waals surface area contributed by atoms with Crippen LogP contribution in [0.25, 0.3) is 0 Å². The molecule has 8 heteroatoms. The number of anilines is 1. The van der Waals surface area contributed by atoms with Gasteiger partial charge in [0.25, 0.3) is 11.6 Å². The van der Waals surface area contributed by atoms with E-state index in [9.17, 15) is 19.7 Å². The SMILES string of the molecule is CSCCC(NC(=O)c1cccc([N+](=O)[O-])c1)C(=O)Nc1cccc(C)c1C. The predicted octanol–water partition coefficient (Wildman–Crippen LogP) is 3.70. The maximum atomic E-state index is 12.8. The van der Waals surface area contributed by atoms with Crippen LogP contribution in [0.2, 0.25) is 0 Å². The first-order valence-electron chi connectivity index (χ1n) is 8.74. The van der Waals surface area contributed by atoms with Crippen molar-refractivity contribution in [2.45, 2.75) is 26.3 Å². The van der Waals surface area contributed by atoms with E-state index in [-0.39, 0.29) is 17.2 Å². The molecule has 0 aliphatic carbocycles. The van der Waals surface area contributed by atoms with Crippen molar-refractivity contribution in [3.05, 3.63) is 69.3 Å². The van der Waals surface area contributed by atoms with Crippen LogP contribution in [0.3, 0.4) is 0 Å². The Hall–Kier alpha value is -2.87. The lowest BCUT2D eigenvalue weighted by Crippen LogP contribution is -2.44. The maximum Gasteiger partial charge on any atom is 0.270 e. The van der Waals surface area contributed by atoms with Crippen molar-refractivity contribution in [3.8, 4) is 0 Å². The highest BCUT2D eigenvalue weighted by Crippen LogP contribution is 2.19. The molecule has 0 spiro atoms. The second kappa shape index (κ2) is 9.89. The lowest BCUT2D eigenvalue weighted by Gasteiger charge is -2.19. The van der Waals surface area contributed by atoms with Crippen molar-refractivity contribution in [2.75, 3.05) is 17.3 Å². The number of benzene rings is 2. The molecule has 0 aromatic heterocycles. The number of carbonyl (C=O) groups is 2. The number of nitro groups is 1. The molecule has 0 radical (unpaired) electrons. The standard InChI is InChI=1S/C20H23N3O4S/c1-13-6-4-9-17(14(13)2)21-20(25)18(10-11-28-3)22-19(24)15-7-5-8-16(12-15)23(26)27/h4-9,12,18H,10-11H2,1-3H3,(H,21,25)(H,22,24). The smallest absolute Gasteiger partial charge is 0.270 e. The molecule has 2 amide bonds. The van der Waals surface area contributed by atoms with Gasteiger partial charge in [-0.15, -0.1) is 0 Å². The molecule has 2 aromatic rings. The molecule has 148 valence electrons. The number of nitro benzene ring substituents is 1. The van der Waals surface area contributed by atoms with Gasteiger partial charge < -0.3 is 10.6 Å². The average molecular weight is 401 g/mol. The van der Waals surface area contributed by atoms with Crippen molar-refractivity contribution in [1.29, 1.82) is 0 Å². The summed E-state index contributed by atoms with van der Waals surface area (Å²) in [6.45, 7) is 3.88. The Labute approximate surface area is 168 Å². The van der Waals surface area contributed by atoms with Gasteiger partial charge in [-0.2, -0.15) is 11.8 Å². The quantitative estimate of drug-likeness (QED) is 0.519. The molecule has 0 fully saturated rings. The Morgan fingerprint density at radius 3 is 2.57 bits per heavy atom. The molecule has 0 aliphatic heterocycles. The summed E-state index contributed by atoms with van der Waals surface area (Å²) >= 11 is 1.57. The lowest BCUT2D eigenvalue weighted by atomic mass is 10.1. The van der Waals surface area contributed by atoms with E-state index in [1.165, 1.54) is 24.3 Å². The van der Waals surface area contributed by atoms with Crippen LogP contribution < -0.4 is 10.6 Å². The zero-order valence-electron chi connectivity index (χ0n) is 16.0. The highest BCUT2D eigenvalue weighted by Gasteiger charge is 2.22. The minimum atomic E-state index is -0.751. The third-order valence-electron chi connectivity index (χ3n) is 4.41. The number of carbonyl (C=O) groups excluding carboxylic acids is 2. The summed E-state index contributed by atoms with van der Waals surface area (Å²) < 4.78 is 0. The Kier molecular flexibility index (Phi) is 7.57. The van der Waals surface area contributed by atoms with Crippen LogP contribution in [0.15, 0.2) is 42.5 Å². The fraction of sp³-hybridized carbons (Fsp3) is 0.300. The van der Waals surface area contributed by atoms with Gasteiger partial charge >= 0.3 is 0 Å². The summed E-state index contributed by atoms with van der Waals surface area (Å²) in [4.78, 5) is 35.7. The molecule has 0 bridgehead atoms. The highest BCUT2D eigenvalue weighted by atomic mass is 32.2.